The highest BCUT2D eigenvalue weighted by Crippen LogP contribution is 2.32. The van der Waals surface area contributed by atoms with Gasteiger partial charge in [-0.1, -0.05) is 0 Å². The van der Waals surface area contributed by atoms with Crippen molar-refractivity contribution >= 4 is 21.9 Å². The van der Waals surface area contributed by atoms with E-state index in [9.17, 15) is 4.79 Å². The Labute approximate surface area is 84.6 Å². The molecule has 1 aromatic rings. The fourth-order valence-electron chi connectivity index (χ4n) is 1.72. The third-order valence-electron chi connectivity index (χ3n) is 2.37. The lowest BCUT2D eigenvalue weighted by atomic mass is 10.2. The van der Waals surface area contributed by atoms with E-state index in [0.717, 1.165) is 17.3 Å². The van der Waals surface area contributed by atoms with Gasteiger partial charge in [0.05, 0.1) is 11.6 Å². The van der Waals surface area contributed by atoms with Crippen LogP contribution < -0.4 is 0 Å². The minimum Gasteiger partial charge on any atom is -0.464 e. The summed E-state index contributed by atoms with van der Waals surface area (Å²) in [6, 6.07) is 0. The molecule has 3 nitrogen and oxygen atoms in total. The number of methoxy groups -OCH3 is 1. The van der Waals surface area contributed by atoms with Gasteiger partial charge >= 0.3 is 5.97 Å². The van der Waals surface area contributed by atoms with Crippen molar-refractivity contribution in [2.75, 3.05) is 7.11 Å². The molecule has 1 aliphatic carbocycles. The summed E-state index contributed by atoms with van der Waals surface area (Å²) in [5, 5.41) is 0. The van der Waals surface area contributed by atoms with Gasteiger partial charge in [-0.15, -0.1) is 0 Å². The molecule has 0 unspecified atom stereocenters. The number of halogens is 1. The van der Waals surface area contributed by atoms with Crippen molar-refractivity contribution in [3.05, 3.63) is 21.4 Å². The van der Waals surface area contributed by atoms with Crippen LogP contribution in [0.15, 0.2) is 4.47 Å². The predicted molar refractivity (Wildman–Crippen MR) is 51.9 cm³/mol. The topological polar surface area (TPSA) is 42.1 Å². The molecule has 0 aliphatic heterocycles. The van der Waals surface area contributed by atoms with Gasteiger partial charge in [-0.3, -0.25) is 0 Å². The van der Waals surface area contributed by atoms with Gasteiger partial charge in [0.1, 0.15) is 5.69 Å². The highest BCUT2D eigenvalue weighted by atomic mass is 79.9. The van der Waals surface area contributed by atoms with Crippen molar-refractivity contribution in [3.8, 4) is 0 Å². The molecule has 4 heteroatoms. The largest absolute Gasteiger partial charge is 0.464 e. The van der Waals surface area contributed by atoms with Crippen LogP contribution in [0.1, 0.15) is 28.2 Å². The Kier molecular flexibility index (Phi) is 2.15. The Balaban J connectivity index is 2.44. The summed E-state index contributed by atoms with van der Waals surface area (Å²) >= 11 is 3.41. The van der Waals surface area contributed by atoms with Crippen LogP contribution in [0.2, 0.25) is 0 Å². The van der Waals surface area contributed by atoms with Crippen LogP contribution in [0.3, 0.4) is 0 Å². The van der Waals surface area contributed by atoms with Crippen LogP contribution in [0.4, 0.5) is 0 Å². The van der Waals surface area contributed by atoms with E-state index >= 15 is 0 Å². The Morgan fingerprint density at radius 1 is 1.54 bits per heavy atom. The minimum atomic E-state index is -0.304. The van der Waals surface area contributed by atoms with E-state index in [0.29, 0.717) is 5.69 Å². The van der Waals surface area contributed by atoms with Crippen molar-refractivity contribution in [1.82, 2.24) is 4.98 Å². The summed E-state index contributed by atoms with van der Waals surface area (Å²) in [6.45, 7) is 0. The second kappa shape index (κ2) is 3.18. The maximum atomic E-state index is 11.3. The number of aromatic nitrogens is 1. The standard InChI is InChI=1S/C9H10BrNO2/c1-13-9(12)8-7(10)5-3-2-4-6(5)11-8/h11H,2-4H2,1H3. The normalized spacial score (nSPS) is 14.3. The van der Waals surface area contributed by atoms with E-state index in [4.69, 9.17) is 0 Å². The van der Waals surface area contributed by atoms with Gasteiger partial charge in [-0.25, -0.2) is 4.79 Å². The molecule has 0 aromatic carbocycles. The number of fused-ring (bicyclic) bond motifs is 1. The average Bonchev–Trinajstić information content (AvgIpc) is 2.68. The summed E-state index contributed by atoms with van der Waals surface area (Å²) in [7, 11) is 1.39. The monoisotopic (exact) mass is 243 g/mol. The lowest BCUT2D eigenvalue weighted by Crippen LogP contribution is -2.02. The summed E-state index contributed by atoms with van der Waals surface area (Å²) in [5.41, 5.74) is 2.96. The molecule has 0 saturated carbocycles. The Hall–Kier alpha value is -0.770. The van der Waals surface area contributed by atoms with Crippen molar-refractivity contribution in [3.63, 3.8) is 0 Å². The number of rotatable bonds is 1. The third kappa shape index (κ3) is 1.29. The van der Waals surface area contributed by atoms with Gasteiger partial charge in [0.25, 0.3) is 0 Å². The van der Waals surface area contributed by atoms with Crippen LogP contribution in [0.5, 0.6) is 0 Å². The van der Waals surface area contributed by atoms with Crippen LogP contribution in [0.25, 0.3) is 0 Å². The second-order valence-electron chi connectivity index (χ2n) is 3.12. The molecule has 1 aromatic heterocycles. The predicted octanol–water partition coefficient (Wildman–Crippen LogP) is 2.05. The summed E-state index contributed by atoms with van der Waals surface area (Å²) in [4.78, 5) is 14.3. The number of hydrogen-bond acceptors (Lipinski definition) is 2. The van der Waals surface area contributed by atoms with Gasteiger partial charge in [0, 0.05) is 5.69 Å². The first-order chi connectivity index (χ1) is 6.24. The number of aromatic amines is 1. The van der Waals surface area contributed by atoms with Crippen molar-refractivity contribution in [2.24, 2.45) is 0 Å². The van der Waals surface area contributed by atoms with Gasteiger partial charge in [0.15, 0.2) is 0 Å². The Bertz CT molecular complexity index is 357. The molecule has 0 radical (unpaired) electrons. The van der Waals surface area contributed by atoms with Crippen LogP contribution in [-0.4, -0.2) is 18.1 Å². The average molecular weight is 244 g/mol. The number of aryl methyl sites for hydroxylation is 1. The second-order valence-corrected chi connectivity index (χ2v) is 3.91. The highest BCUT2D eigenvalue weighted by Gasteiger charge is 2.23. The zero-order valence-electron chi connectivity index (χ0n) is 7.32. The van der Waals surface area contributed by atoms with Crippen molar-refractivity contribution < 1.29 is 9.53 Å². The molecule has 0 saturated heterocycles. The molecule has 1 heterocycles. The first-order valence-electron chi connectivity index (χ1n) is 4.21. The van der Waals surface area contributed by atoms with Crippen LogP contribution in [-0.2, 0) is 17.6 Å². The van der Waals surface area contributed by atoms with Gasteiger partial charge in [-0.05, 0) is 40.8 Å². The molecule has 0 atom stereocenters. The highest BCUT2D eigenvalue weighted by molar-refractivity contribution is 9.10. The van der Waals surface area contributed by atoms with E-state index in [2.05, 4.69) is 25.7 Å². The third-order valence-corrected chi connectivity index (χ3v) is 3.24. The Morgan fingerprint density at radius 2 is 2.31 bits per heavy atom. The van der Waals surface area contributed by atoms with Gasteiger partial charge in [0.2, 0.25) is 0 Å². The number of H-pyrrole nitrogens is 1. The van der Waals surface area contributed by atoms with Crippen molar-refractivity contribution in [2.45, 2.75) is 19.3 Å². The zero-order chi connectivity index (χ0) is 9.42. The number of carbonyl (C=O) groups is 1. The molecule has 2 rings (SSSR count). The minimum absolute atomic E-state index is 0.304. The van der Waals surface area contributed by atoms with Gasteiger partial charge < -0.3 is 9.72 Å². The van der Waals surface area contributed by atoms with E-state index in [-0.39, 0.29) is 5.97 Å². The maximum Gasteiger partial charge on any atom is 0.355 e. The van der Waals surface area contributed by atoms with E-state index in [1.165, 1.54) is 24.8 Å². The van der Waals surface area contributed by atoms with E-state index < -0.39 is 0 Å². The smallest absolute Gasteiger partial charge is 0.355 e. The van der Waals surface area contributed by atoms with Gasteiger partial charge in [-0.2, -0.15) is 0 Å². The molecule has 0 fully saturated rings. The SMILES string of the molecule is COC(=O)c1[nH]c2c(c1Br)CCC2. The number of hydrogen-bond donors (Lipinski definition) is 1. The number of carbonyl (C=O) groups excluding carboxylic acids is 1. The fraction of sp³-hybridized carbons (Fsp3) is 0.444. The molecular weight excluding hydrogens is 234 g/mol. The van der Waals surface area contributed by atoms with E-state index in [1.807, 2.05) is 0 Å². The first-order valence-corrected chi connectivity index (χ1v) is 5.01. The zero-order valence-corrected chi connectivity index (χ0v) is 8.90. The maximum absolute atomic E-state index is 11.3. The number of esters is 1. The summed E-state index contributed by atoms with van der Waals surface area (Å²) in [5.74, 6) is -0.304. The first kappa shape index (κ1) is 8.81. The van der Waals surface area contributed by atoms with Crippen LogP contribution in [0, 0.1) is 0 Å². The quantitative estimate of drug-likeness (QED) is 0.768. The lowest BCUT2D eigenvalue weighted by molar-refractivity contribution is 0.0593. The van der Waals surface area contributed by atoms with Crippen LogP contribution >= 0.6 is 15.9 Å². The summed E-state index contributed by atoms with van der Waals surface area (Å²) in [6.07, 6.45) is 3.25. The molecular formula is C9H10BrNO2. The fourth-order valence-corrected chi connectivity index (χ4v) is 2.42. The molecule has 1 aliphatic rings. The number of nitrogens with one attached hydrogen (secondary N) is 1. The number of ether oxygens (including phenoxy) is 1. The molecule has 0 amide bonds. The molecule has 0 spiro atoms. The van der Waals surface area contributed by atoms with E-state index in [1.54, 1.807) is 0 Å². The molecule has 1 N–H and O–H groups in total. The lowest BCUT2D eigenvalue weighted by Gasteiger charge is -1.97. The Morgan fingerprint density at radius 3 is 2.92 bits per heavy atom. The summed E-state index contributed by atoms with van der Waals surface area (Å²) < 4.78 is 5.54. The molecule has 13 heavy (non-hydrogen) atoms. The molecule has 70 valence electrons. The van der Waals surface area contributed by atoms with Crippen molar-refractivity contribution in [1.29, 1.82) is 0 Å². The molecule has 0 bridgehead atoms.